The summed E-state index contributed by atoms with van der Waals surface area (Å²) in [5.74, 6) is -2.02. The van der Waals surface area contributed by atoms with Gasteiger partial charge < -0.3 is 19.8 Å². The maximum atomic E-state index is 11.7. The van der Waals surface area contributed by atoms with Crippen LogP contribution in [0.25, 0.3) is 0 Å². The number of unbranched alkanes of at least 4 members (excludes halogenated alkanes) is 36. The Hall–Kier alpha value is -2.00. The van der Waals surface area contributed by atoms with Gasteiger partial charge in [0.2, 0.25) is 0 Å². The maximum absolute atomic E-state index is 11.7. The second-order valence-corrected chi connectivity index (χ2v) is 20.2. The van der Waals surface area contributed by atoms with Crippen molar-refractivity contribution < 1.29 is 39.3 Å². The summed E-state index contributed by atoms with van der Waals surface area (Å²) in [4.78, 5) is 23.4. The van der Waals surface area contributed by atoms with Gasteiger partial charge in [-0.3, -0.25) is 0 Å². The third-order valence-corrected chi connectivity index (χ3v) is 14.1. The Balaban J connectivity index is 0.00000128. The van der Waals surface area contributed by atoms with Crippen LogP contribution in [0, 0.1) is 0 Å². The average molecular weight is 981 g/mol. The van der Waals surface area contributed by atoms with Crippen molar-refractivity contribution in [3.05, 3.63) is 69.8 Å². The molecule has 0 aromatic heterocycles. The van der Waals surface area contributed by atoms with E-state index in [0.717, 1.165) is 62.5 Å². The first kappa shape index (κ1) is 65.0. The van der Waals surface area contributed by atoms with E-state index in [9.17, 15) is 19.8 Å². The second-order valence-electron chi connectivity index (χ2n) is 20.2. The zero-order valence-corrected chi connectivity index (χ0v) is 47.9. The summed E-state index contributed by atoms with van der Waals surface area (Å²) in [7, 11) is 0. The van der Waals surface area contributed by atoms with Crippen molar-refractivity contribution in [2.24, 2.45) is 0 Å². The van der Waals surface area contributed by atoms with Crippen LogP contribution in [0.4, 0.5) is 0 Å². The van der Waals surface area contributed by atoms with Gasteiger partial charge >= 0.3 is 19.5 Å². The standard InChI is InChI=1S/2C31H54O2.Zn/c2*1-3-5-7-9-11-13-15-17-19-21-24-28-25-23-27-30(31(32)33)29(28)26-22-20-18-16-14-12-10-8-6-4-2;/h2*23,25,27H,3-22,24,26H2,1-2H3,(H,32,33);/q;;+2/p-2. The first-order valence-corrected chi connectivity index (χ1v) is 29.0. The molecule has 0 bridgehead atoms. The monoisotopic (exact) mass is 979 g/mol. The Morgan fingerprint density at radius 3 is 0.701 bits per heavy atom. The van der Waals surface area contributed by atoms with E-state index in [-0.39, 0.29) is 19.5 Å². The number of rotatable bonds is 46. The molecule has 0 radical (unpaired) electrons. The summed E-state index contributed by atoms with van der Waals surface area (Å²) >= 11 is 0. The summed E-state index contributed by atoms with van der Waals surface area (Å²) < 4.78 is 0. The minimum Gasteiger partial charge on any atom is -0.545 e. The number of aromatic carboxylic acids is 2. The average Bonchev–Trinajstić information content (AvgIpc) is 3.32. The van der Waals surface area contributed by atoms with E-state index in [1.54, 1.807) is 12.1 Å². The Morgan fingerprint density at radius 2 is 0.493 bits per heavy atom. The van der Waals surface area contributed by atoms with Crippen LogP contribution in [0.2, 0.25) is 0 Å². The Bertz CT molecular complexity index is 1300. The quantitative estimate of drug-likeness (QED) is 0.0489. The molecule has 2 rings (SSSR count). The predicted octanol–water partition coefficient (Wildman–Crippen LogP) is 18.0. The minimum absolute atomic E-state index is 0. The summed E-state index contributed by atoms with van der Waals surface area (Å²) in [5, 5.41) is 23.4. The fourth-order valence-electron chi connectivity index (χ4n) is 9.89. The predicted molar refractivity (Wildman–Crippen MR) is 284 cm³/mol. The molecule has 4 nitrogen and oxygen atoms in total. The zero-order valence-electron chi connectivity index (χ0n) is 44.9. The van der Waals surface area contributed by atoms with Gasteiger partial charge in [0.25, 0.3) is 0 Å². The normalized spacial score (nSPS) is 11.0. The van der Waals surface area contributed by atoms with Crippen LogP contribution in [0.5, 0.6) is 0 Å². The second kappa shape index (κ2) is 49.0. The number of hydrogen-bond donors (Lipinski definition) is 0. The van der Waals surface area contributed by atoms with Gasteiger partial charge in [0.05, 0.1) is 11.9 Å². The smallest absolute Gasteiger partial charge is 0.545 e. The van der Waals surface area contributed by atoms with Gasteiger partial charge in [0.15, 0.2) is 0 Å². The van der Waals surface area contributed by atoms with Crippen molar-refractivity contribution in [3.8, 4) is 0 Å². The molecule has 0 saturated heterocycles. The summed E-state index contributed by atoms with van der Waals surface area (Å²) in [6.07, 6.45) is 56.5. The van der Waals surface area contributed by atoms with Crippen molar-refractivity contribution in [2.45, 2.75) is 310 Å². The van der Waals surface area contributed by atoms with Crippen LogP contribution in [0.3, 0.4) is 0 Å². The van der Waals surface area contributed by atoms with Crippen LogP contribution in [-0.4, -0.2) is 11.9 Å². The van der Waals surface area contributed by atoms with Crippen LogP contribution in [-0.2, 0) is 45.2 Å². The van der Waals surface area contributed by atoms with E-state index >= 15 is 0 Å². The Kier molecular flexibility index (Phi) is 47.5. The summed E-state index contributed by atoms with van der Waals surface area (Å²) in [5.41, 5.74) is 5.44. The van der Waals surface area contributed by atoms with Gasteiger partial charge in [0, 0.05) is 11.1 Å². The molecule has 67 heavy (non-hydrogen) atoms. The third-order valence-electron chi connectivity index (χ3n) is 14.1. The third kappa shape index (κ3) is 36.6. The van der Waals surface area contributed by atoms with E-state index in [0.29, 0.717) is 11.1 Å². The largest absolute Gasteiger partial charge is 2.00 e. The molecular formula is C62H106O4Zn. The van der Waals surface area contributed by atoms with E-state index in [4.69, 9.17) is 0 Å². The number of carboxylic acids is 2. The SMILES string of the molecule is CCCCCCCCCCCCc1cccc(C(=O)[O-])c1CCCCCCCCCCCC.CCCCCCCCCCCCc1cccc(C(=O)[O-])c1CCCCCCCCCCCC.[Zn+2]. The molecule has 0 heterocycles. The molecule has 380 valence electrons. The van der Waals surface area contributed by atoms with Gasteiger partial charge in [-0.1, -0.05) is 295 Å². The Labute approximate surface area is 429 Å². The molecule has 0 unspecified atom stereocenters. The van der Waals surface area contributed by atoms with E-state index in [1.807, 2.05) is 12.1 Å². The van der Waals surface area contributed by atoms with Crippen LogP contribution in [0.15, 0.2) is 36.4 Å². The molecule has 0 aliphatic carbocycles. The number of hydrogen-bond acceptors (Lipinski definition) is 4. The van der Waals surface area contributed by atoms with Crippen molar-refractivity contribution in [1.29, 1.82) is 0 Å². The van der Waals surface area contributed by atoms with Crippen LogP contribution < -0.4 is 10.2 Å². The minimum atomic E-state index is -1.01. The molecule has 0 fully saturated rings. The van der Waals surface area contributed by atoms with Gasteiger partial charge in [-0.15, -0.1) is 0 Å². The first-order chi connectivity index (χ1) is 32.4. The fourth-order valence-corrected chi connectivity index (χ4v) is 9.89. The van der Waals surface area contributed by atoms with Gasteiger partial charge in [-0.25, -0.2) is 0 Å². The van der Waals surface area contributed by atoms with Gasteiger partial charge in [0.1, 0.15) is 0 Å². The molecule has 0 atom stereocenters. The summed E-state index contributed by atoms with van der Waals surface area (Å²) in [6, 6.07) is 11.6. The summed E-state index contributed by atoms with van der Waals surface area (Å²) in [6.45, 7) is 9.07. The topological polar surface area (TPSA) is 80.3 Å². The van der Waals surface area contributed by atoms with Crippen molar-refractivity contribution >= 4 is 11.9 Å². The molecule has 0 saturated carbocycles. The van der Waals surface area contributed by atoms with Crippen molar-refractivity contribution in [2.75, 3.05) is 0 Å². The van der Waals surface area contributed by atoms with Gasteiger partial charge in [-0.2, -0.15) is 0 Å². The molecule has 0 amide bonds. The number of benzene rings is 2. The van der Waals surface area contributed by atoms with Crippen LogP contribution >= 0.6 is 0 Å². The molecule has 5 heteroatoms. The molecule has 2 aromatic rings. The van der Waals surface area contributed by atoms with Crippen molar-refractivity contribution in [1.82, 2.24) is 0 Å². The molecule has 2 aromatic carbocycles. The number of carbonyl (C=O) groups is 2. The molecule has 0 spiro atoms. The van der Waals surface area contributed by atoms with E-state index < -0.39 is 11.9 Å². The number of carboxylic acid groups (broad SMARTS) is 2. The molecule has 0 N–H and O–H groups in total. The zero-order chi connectivity index (χ0) is 48.0. The van der Waals surface area contributed by atoms with E-state index in [1.165, 1.54) is 242 Å². The number of aryl methyl sites for hydroxylation is 2. The van der Waals surface area contributed by atoms with Crippen LogP contribution in [0.1, 0.15) is 327 Å². The fraction of sp³-hybridized carbons (Fsp3) is 0.774. The van der Waals surface area contributed by atoms with Gasteiger partial charge in [-0.05, 0) is 73.6 Å². The molecule has 0 aliphatic heterocycles. The number of carbonyl (C=O) groups excluding carboxylic acids is 2. The van der Waals surface area contributed by atoms with E-state index in [2.05, 4.69) is 39.8 Å². The first-order valence-electron chi connectivity index (χ1n) is 29.0. The van der Waals surface area contributed by atoms with Crippen molar-refractivity contribution in [3.63, 3.8) is 0 Å². The molecular weight excluding hydrogens is 874 g/mol. The molecule has 0 aliphatic rings. The maximum Gasteiger partial charge on any atom is 2.00 e. The Morgan fingerprint density at radius 1 is 0.299 bits per heavy atom.